The number of amidine groups is 1. The first-order valence-corrected chi connectivity index (χ1v) is 17.9. The van der Waals surface area contributed by atoms with Crippen LogP contribution in [-0.4, -0.2) is 67.6 Å². The van der Waals surface area contributed by atoms with Crippen molar-refractivity contribution in [2.24, 2.45) is 4.99 Å². The quantitative estimate of drug-likeness (QED) is 0.203. The molecule has 11 heteroatoms. The fourth-order valence-electron chi connectivity index (χ4n) is 6.83. The Morgan fingerprint density at radius 1 is 1.02 bits per heavy atom. The van der Waals surface area contributed by atoms with Gasteiger partial charge in [-0.25, -0.2) is 12.7 Å². The lowest BCUT2D eigenvalue weighted by molar-refractivity contribution is -0.131. The maximum Gasteiger partial charge on any atom is 0.268 e. The SMILES string of the molecule is CCCCC1=NC2(CCCC2)C(=O)N1Cc1ccc(-c2ccccc2S(=O)(=O)N(COC)c2noc(C)c2C)c(CN2CCC2)c1. The Balaban J connectivity index is 1.38. The number of rotatable bonds is 13. The van der Waals surface area contributed by atoms with Crippen LogP contribution in [0.25, 0.3) is 11.1 Å². The number of aryl methyl sites for hydroxylation is 1. The highest BCUT2D eigenvalue weighted by atomic mass is 32.2. The number of anilines is 1. The smallest absolute Gasteiger partial charge is 0.268 e. The molecule has 1 aromatic heterocycles. The number of carbonyl (C=O) groups is 1. The Bertz CT molecular complexity index is 1720. The Morgan fingerprint density at radius 2 is 1.78 bits per heavy atom. The molecule has 2 aromatic carbocycles. The molecule has 2 aliphatic heterocycles. The lowest BCUT2D eigenvalue weighted by Gasteiger charge is -2.32. The van der Waals surface area contributed by atoms with Gasteiger partial charge in [-0.15, -0.1) is 0 Å². The zero-order valence-corrected chi connectivity index (χ0v) is 28.2. The van der Waals surface area contributed by atoms with E-state index in [2.05, 4.69) is 23.0 Å². The number of hydrogen-bond acceptors (Lipinski definition) is 8. The fraction of sp³-hybridized carbons (Fsp3) is 0.514. The topological polar surface area (TPSA) is 109 Å². The Morgan fingerprint density at radius 3 is 2.43 bits per heavy atom. The number of sulfonamides is 1. The van der Waals surface area contributed by atoms with Gasteiger partial charge in [0.15, 0.2) is 5.82 Å². The summed E-state index contributed by atoms with van der Waals surface area (Å²) in [4.78, 5) is 23.4. The van der Waals surface area contributed by atoms with E-state index >= 15 is 0 Å². The summed E-state index contributed by atoms with van der Waals surface area (Å²) < 4.78 is 40.5. The van der Waals surface area contributed by atoms with Gasteiger partial charge in [-0.1, -0.05) is 67.7 Å². The molecule has 1 aliphatic carbocycles. The number of ether oxygens (including phenoxy) is 1. The molecule has 3 aliphatic rings. The van der Waals surface area contributed by atoms with Crippen molar-refractivity contribution in [3.63, 3.8) is 0 Å². The molecule has 0 N–H and O–H groups in total. The molecule has 3 aromatic rings. The van der Waals surface area contributed by atoms with Crippen molar-refractivity contribution in [2.45, 2.75) is 95.7 Å². The summed E-state index contributed by atoms with van der Waals surface area (Å²) in [7, 11) is -2.65. The molecule has 1 amide bonds. The molecular formula is C35H45N5O5S. The van der Waals surface area contributed by atoms with Gasteiger partial charge in [-0.05, 0) is 75.4 Å². The van der Waals surface area contributed by atoms with E-state index in [-0.39, 0.29) is 23.4 Å². The Labute approximate surface area is 272 Å². The summed E-state index contributed by atoms with van der Waals surface area (Å²) in [6.07, 6.45) is 7.73. The molecule has 3 heterocycles. The van der Waals surface area contributed by atoms with Gasteiger partial charge in [0.05, 0.1) is 11.4 Å². The number of aromatic nitrogens is 1. The normalized spacial score (nSPS) is 18.0. The van der Waals surface area contributed by atoms with Gasteiger partial charge in [0, 0.05) is 31.2 Å². The van der Waals surface area contributed by atoms with Crippen molar-refractivity contribution in [2.75, 3.05) is 31.2 Å². The molecule has 0 radical (unpaired) electrons. The van der Waals surface area contributed by atoms with Crippen molar-refractivity contribution >= 4 is 27.6 Å². The summed E-state index contributed by atoms with van der Waals surface area (Å²) in [5.74, 6) is 1.80. The van der Waals surface area contributed by atoms with Gasteiger partial charge >= 0.3 is 0 Å². The third kappa shape index (κ3) is 6.00. The van der Waals surface area contributed by atoms with E-state index < -0.39 is 15.6 Å². The predicted molar refractivity (Wildman–Crippen MR) is 178 cm³/mol. The van der Waals surface area contributed by atoms with Crippen LogP contribution in [0.2, 0.25) is 0 Å². The van der Waals surface area contributed by atoms with Crippen LogP contribution in [0.15, 0.2) is 56.9 Å². The summed E-state index contributed by atoms with van der Waals surface area (Å²) in [6, 6.07) is 13.3. The molecular weight excluding hydrogens is 602 g/mol. The van der Waals surface area contributed by atoms with Gasteiger partial charge in [-0.3, -0.25) is 19.6 Å². The van der Waals surface area contributed by atoms with E-state index in [9.17, 15) is 13.2 Å². The number of methoxy groups -OCH3 is 1. The second-order valence-electron chi connectivity index (χ2n) is 12.8. The third-order valence-electron chi connectivity index (χ3n) is 9.70. The lowest BCUT2D eigenvalue weighted by atomic mass is 9.95. The number of aliphatic imine (C=N–C) groups is 1. The number of likely N-dealkylation sites (tertiary alicyclic amines) is 1. The Hall–Kier alpha value is -3.54. The highest BCUT2D eigenvalue weighted by Gasteiger charge is 2.49. The van der Waals surface area contributed by atoms with Gasteiger partial charge in [-0.2, -0.15) is 0 Å². The zero-order chi connectivity index (χ0) is 32.5. The molecule has 1 saturated heterocycles. The second kappa shape index (κ2) is 13.3. The van der Waals surface area contributed by atoms with Crippen LogP contribution in [0.5, 0.6) is 0 Å². The van der Waals surface area contributed by atoms with Crippen LogP contribution in [0.3, 0.4) is 0 Å². The van der Waals surface area contributed by atoms with Crippen LogP contribution in [-0.2, 0) is 32.6 Å². The molecule has 0 bridgehead atoms. The van der Waals surface area contributed by atoms with E-state index in [1.807, 2.05) is 29.2 Å². The van der Waals surface area contributed by atoms with E-state index in [4.69, 9.17) is 14.3 Å². The molecule has 46 heavy (non-hydrogen) atoms. The van der Waals surface area contributed by atoms with Crippen LogP contribution in [0, 0.1) is 13.8 Å². The van der Waals surface area contributed by atoms with E-state index in [1.54, 1.807) is 26.0 Å². The van der Waals surface area contributed by atoms with Gasteiger partial charge < -0.3 is 9.26 Å². The fourth-order valence-corrected chi connectivity index (χ4v) is 8.42. The molecule has 246 valence electrons. The average molecular weight is 648 g/mol. The van der Waals surface area contributed by atoms with Crippen LogP contribution < -0.4 is 4.31 Å². The molecule has 10 nitrogen and oxygen atoms in total. The molecule has 1 saturated carbocycles. The monoisotopic (exact) mass is 647 g/mol. The van der Waals surface area contributed by atoms with Gasteiger partial charge in [0.2, 0.25) is 0 Å². The summed E-state index contributed by atoms with van der Waals surface area (Å²) >= 11 is 0. The minimum Gasteiger partial charge on any atom is -0.363 e. The third-order valence-corrected chi connectivity index (χ3v) is 11.5. The van der Waals surface area contributed by atoms with Gasteiger partial charge in [0.1, 0.15) is 23.9 Å². The van der Waals surface area contributed by atoms with Crippen LogP contribution in [0.4, 0.5) is 5.82 Å². The highest BCUT2D eigenvalue weighted by molar-refractivity contribution is 7.93. The van der Waals surface area contributed by atoms with Crippen LogP contribution in [0.1, 0.15) is 80.7 Å². The Kier molecular flexibility index (Phi) is 9.36. The maximum absolute atomic E-state index is 14.4. The summed E-state index contributed by atoms with van der Waals surface area (Å²) in [5, 5.41) is 4.06. The molecule has 1 spiro atoms. The molecule has 0 unspecified atom stereocenters. The molecule has 6 rings (SSSR count). The van der Waals surface area contributed by atoms with Crippen molar-refractivity contribution in [3.05, 3.63) is 64.9 Å². The van der Waals surface area contributed by atoms with Crippen LogP contribution >= 0.6 is 0 Å². The van der Waals surface area contributed by atoms with Crippen molar-refractivity contribution < 1.29 is 22.5 Å². The van der Waals surface area contributed by atoms with E-state index in [0.717, 1.165) is 91.3 Å². The minimum absolute atomic E-state index is 0.137. The van der Waals surface area contributed by atoms with Crippen molar-refractivity contribution in [1.29, 1.82) is 0 Å². The number of hydrogen-bond donors (Lipinski definition) is 0. The van der Waals surface area contributed by atoms with Gasteiger partial charge in [0.25, 0.3) is 15.9 Å². The first kappa shape index (κ1) is 32.4. The predicted octanol–water partition coefficient (Wildman–Crippen LogP) is 6.21. The van der Waals surface area contributed by atoms with Crippen molar-refractivity contribution in [3.8, 4) is 11.1 Å². The largest absolute Gasteiger partial charge is 0.363 e. The number of amides is 1. The number of carbonyl (C=O) groups excluding carboxylic acids is 1. The highest BCUT2D eigenvalue weighted by Crippen LogP contribution is 2.41. The zero-order valence-electron chi connectivity index (χ0n) is 27.4. The average Bonchev–Trinajstić information content (AvgIpc) is 3.71. The summed E-state index contributed by atoms with van der Waals surface area (Å²) in [5.41, 5.74) is 3.56. The molecule has 2 fully saturated rings. The number of nitrogens with zero attached hydrogens (tertiary/aromatic N) is 5. The second-order valence-corrected chi connectivity index (χ2v) is 14.7. The number of unbranched alkanes of at least 4 members (excludes halogenated alkanes) is 1. The molecule has 0 atom stereocenters. The minimum atomic E-state index is -4.10. The van der Waals surface area contributed by atoms with E-state index in [0.29, 0.717) is 30.0 Å². The maximum atomic E-state index is 14.4. The first-order chi connectivity index (χ1) is 22.2. The standard InChI is InChI=1S/C35H45N5O5S/c1-5-6-14-32-36-35(17-9-10-18-35)34(41)39(32)22-27-15-16-29(28(21-27)23-38-19-11-20-38)30-12-7-8-13-31(30)46(42,43)40(24-44-4)33-25(2)26(3)45-37-33/h7-8,12-13,15-16,21H,5-6,9-11,14,17-20,22-24H2,1-4H3. The first-order valence-electron chi connectivity index (χ1n) is 16.5. The van der Waals surface area contributed by atoms with Crippen molar-refractivity contribution in [1.82, 2.24) is 15.0 Å². The summed E-state index contributed by atoms with van der Waals surface area (Å²) in [6.45, 7) is 8.63. The number of benzene rings is 2. The lowest BCUT2D eigenvalue weighted by Crippen LogP contribution is -2.40. The van der Waals surface area contributed by atoms with E-state index in [1.165, 1.54) is 7.11 Å².